The second-order valence-electron chi connectivity index (χ2n) is 5.88. The van der Waals surface area contributed by atoms with Crippen LogP contribution in [0.15, 0.2) is 43.0 Å². The van der Waals surface area contributed by atoms with E-state index in [0.717, 1.165) is 11.3 Å². The van der Waals surface area contributed by atoms with Gasteiger partial charge in [-0.25, -0.2) is 9.67 Å². The van der Waals surface area contributed by atoms with Crippen molar-refractivity contribution in [1.82, 2.24) is 14.8 Å². The molecule has 0 radical (unpaired) electrons. The van der Waals surface area contributed by atoms with Crippen LogP contribution in [0.5, 0.6) is 0 Å². The van der Waals surface area contributed by atoms with Crippen LogP contribution >= 0.6 is 11.3 Å². The maximum absolute atomic E-state index is 12.3. The number of amides is 2. The summed E-state index contributed by atoms with van der Waals surface area (Å²) in [5.74, 6) is -0.693. The average molecular weight is 400 g/mol. The molecule has 0 unspecified atom stereocenters. The molecule has 2 heterocycles. The van der Waals surface area contributed by atoms with Gasteiger partial charge >= 0.3 is 0 Å². The van der Waals surface area contributed by atoms with Gasteiger partial charge in [-0.1, -0.05) is 0 Å². The standard InChI is InChI=1S/C17H16N6O4S/c1-10(22-9-18-8-19-22)16(24)20-12-3-5-13(6-4-12)21-17(25)15-7-14(23(26)27)11(2)28-15/h3-10H,1-2H3,(H,20,24)(H,21,25)/t10-/m0/s1. The molecule has 2 amide bonds. The Morgan fingerprint density at radius 2 is 1.86 bits per heavy atom. The van der Waals surface area contributed by atoms with Crippen LogP contribution in [0.2, 0.25) is 0 Å². The molecular weight excluding hydrogens is 384 g/mol. The number of nitrogens with one attached hydrogen (secondary N) is 2. The summed E-state index contributed by atoms with van der Waals surface area (Å²) in [5, 5.41) is 20.3. The number of rotatable bonds is 6. The average Bonchev–Trinajstić information content (AvgIpc) is 3.32. The Bertz CT molecular complexity index is 1010. The van der Waals surface area contributed by atoms with Crippen LogP contribution in [0.25, 0.3) is 0 Å². The summed E-state index contributed by atoms with van der Waals surface area (Å²) >= 11 is 1.06. The maximum atomic E-state index is 12.3. The lowest BCUT2D eigenvalue weighted by molar-refractivity contribution is -0.385. The zero-order valence-electron chi connectivity index (χ0n) is 14.9. The number of aromatic nitrogens is 3. The van der Waals surface area contributed by atoms with Gasteiger partial charge in [0, 0.05) is 17.4 Å². The zero-order valence-corrected chi connectivity index (χ0v) is 15.8. The molecule has 0 aliphatic heterocycles. The second kappa shape index (κ2) is 7.96. The molecule has 2 aromatic heterocycles. The van der Waals surface area contributed by atoms with Gasteiger partial charge in [0.05, 0.1) is 14.7 Å². The van der Waals surface area contributed by atoms with Crippen molar-refractivity contribution >= 4 is 40.2 Å². The molecular formula is C17H16N6O4S. The molecule has 0 bridgehead atoms. The van der Waals surface area contributed by atoms with Crippen molar-refractivity contribution in [2.45, 2.75) is 19.9 Å². The van der Waals surface area contributed by atoms with Gasteiger partial charge in [0.25, 0.3) is 11.6 Å². The maximum Gasteiger partial charge on any atom is 0.283 e. The van der Waals surface area contributed by atoms with Crippen LogP contribution in [-0.4, -0.2) is 31.5 Å². The Labute approximate surface area is 163 Å². The fourth-order valence-corrected chi connectivity index (χ4v) is 3.26. The van der Waals surface area contributed by atoms with Crippen LogP contribution in [0.3, 0.4) is 0 Å². The summed E-state index contributed by atoms with van der Waals surface area (Å²) in [5.41, 5.74) is 0.980. The topological polar surface area (TPSA) is 132 Å². The van der Waals surface area contributed by atoms with E-state index in [9.17, 15) is 19.7 Å². The second-order valence-corrected chi connectivity index (χ2v) is 7.14. The molecule has 3 aromatic rings. The summed E-state index contributed by atoms with van der Waals surface area (Å²) in [7, 11) is 0. The van der Waals surface area contributed by atoms with Gasteiger partial charge in [-0.05, 0) is 38.1 Å². The number of anilines is 2. The van der Waals surface area contributed by atoms with Crippen molar-refractivity contribution in [1.29, 1.82) is 0 Å². The van der Waals surface area contributed by atoms with Crippen LogP contribution < -0.4 is 10.6 Å². The predicted molar refractivity (Wildman–Crippen MR) is 103 cm³/mol. The molecule has 144 valence electrons. The Morgan fingerprint density at radius 1 is 1.21 bits per heavy atom. The number of nitrogens with zero attached hydrogens (tertiary/aromatic N) is 4. The van der Waals surface area contributed by atoms with Crippen molar-refractivity contribution in [3.05, 3.63) is 62.9 Å². The summed E-state index contributed by atoms with van der Waals surface area (Å²) in [6, 6.07) is 7.27. The molecule has 0 aliphatic rings. The van der Waals surface area contributed by atoms with E-state index >= 15 is 0 Å². The van der Waals surface area contributed by atoms with E-state index in [1.165, 1.54) is 23.4 Å². The summed E-state index contributed by atoms with van der Waals surface area (Å²) in [6.07, 6.45) is 2.81. The Hall–Kier alpha value is -3.60. The minimum absolute atomic E-state index is 0.0743. The third-order valence-electron chi connectivity index (χ3n) is 3.94. The highest BCUT2D eigenvalue weighted by atomic mass is 32.1. The van der Waals surface area contributed by atoms with Crippen LogP contribution in [0.1, 0.15) is 27.5 Å². The van der Waals surface area contributed by atoms with Gasteiger partial charge in [0.15, 0.2) is 0 Å². The van der Waals surface area contributed by atoms with Gasteiger partial charge in [-0.2, -0.15) is 5.10 Å². The molecule has 0 saturated carbocycles. The number of nitro groups is 1. The molecule has 3 rings (SSSR count). The first-order valence-electron chi connectivity index (χ1n) is 8.16. The van der Waals surface area contributed by atoms with E-state index in [0.29, 0.717) is 16.3 Å². The molecule has 11 heteroatoms. The molecule has 0 saturated heterocycles. The SMILES string of the molecule is Cc1sc(C(=O)Nc2ccc(NC(=O)[C@H](C)n3cncn3)cc2)cc1[N+](=O)[O-]. The monoisotopic (exact) mass is 400 g/mol. The zero-order chi connectivity index (χ0) is 20.3. The molecule has 1 aromatic carbocycles. The number of hydrogen-bond acceptors (Lipinski definition) is 7. The van der Waals surface area contributed by atoms with Gasteiger partial charge in [-0.15, -0.1) is 11.3 Å². The van der Waals surface area contributed by atoms with Crippen molar-refractivity contribution in [3.63, 3.8) is 0 Å². The Morgan fingerprint density at radius 3 is 2.39 bits per heavy atom. The number of hydrogen-bond donors (Lipinski definition) is 2. The lowest BCUT2D eigenvalue weighted by atomic mass is 10.2. The smallest absolute Gasteiger partial charge is 0.283 e. The normalized spacial score (nSPS) is 11.6. The highest BCUT2D eigenvalue weighted by Crippen LogP contribution is 2.28. The molecule has 0 fully saturated rings. The number of benzene rings is 1. The summed E-state index contributed by atoms with van der Waals surface area (Å²) < 4.78 is 1.44. The number of thiophene rings is 1. The first-order chi connectivity index (χ1) is 13.3. The summed E-state index contributed by atoms with van der Waals surface area (Å²) in [6.45, 7) is 3.29. The summed E-state index contributed by atoms with van der Waals surface area (Å²) in [4.78, 5) is 39.4. The van der Waals surface area contributed by atoms with Crippen molar-refractivity contribution in [2.75, 3.05) is 10.6 Å². The number of carbonyl (C=O) groups is 2. The van der Waals surface area contributed by atoms with Gasteiger partial charge in [-0.3, -0.25) is 19.7 Å². The molecule has 1 atom stereocenters. The molecule has 0 aliphatic carbocycles. The van der Waals surface area contributed by atoms with Crippen LogP contribution in [0, 0.1) is 17.0 Å². The van der Waals surface area contributed by atoms with E-state index in [1.807, 2.05) is 0 Å². The minimum atomic E-state index is -0.528. The van der Waals surface area contributed by atoms with Crippen LogP contribution in [0.4, 0.5) is 17.1 Å². The lowest BCUT2D eigenvalue weighted by Crippen LogP contribution is -2.24. The highest BCUT2D eigenvalue weighted by molar-refractivity contribution is 7.14. The first kappa shape index (κ1) is 19.2. The van der Waals surface area contributed by atoms with Gasteiger partial charge < -0.3 is 10.6 Å². The fourth-order valence-electron chi connectivity index (χ4n) is 2.38. The molecule has 2 N–H and O–H groups in total. The minimum Gasteiger partial charge on any atom is -0.324 e. The Balaban J connectivity index is 1.62. The predicted octanol–water partition coefficient (Wildman–Crippen LogP) is 3.01. The third kappa shape index (κ3) is 4.20. The van der Waals surface area contributed by atoms with Crippen molar-refractivity contribution < 1.29 is 14.5 Å². The first-order valence-corrected chi connectivity index (χ1v) is 8.98. The van der Waals surface area contributed by atoms with Crippen LogP contribution in [-0.2, 0) is 4.79 Å². The quantitative estimate of drug-likeness (QED) is 0.483. The molecule has 10 nitrogen and oxygen atoms in total. The van der Waals surface area contributed by atoms with E-state index < -0.39 is 16.9 Å². The van der Waals surface area contributed by atoms with Gasteiger partial charge in [0.2, 0.25) is 5.91 Å². The van der Waals surface area contributed by atoms with E-state index in [-0.39, 0.29) is 16.5 Å². The number of aryl methyl sites for hydroxylation is 1. The number of carbonyl (C=O) groups excluding carboxylic acids is 2. The van der Waals surface area contributed by atoms with Gasteiger partial charge in [0.1, 0.15) is 18.7 Å². The lowest BCUT2D eigenvalue weighted by Gasteiger charge is -2.12. The third-order valence-corrected chi connectivity index (χ3v) is 4.97. The largest absolute Gasteiger partial charge is 0.324 e. The Kier molecular flexibility index (Phi) is 5.45. The molecule has 0 spiro atoms. The van der Waals surface area contributed by atoms with Crippen molar-refractivity contribution in [2.24, 2.45) is 0 Å². The highest BCUT2D eigenvalue weighted by Gasteiger charge is 2.20. The van der Waals surface area contributed by atoms with E-state index in [2.05, 4.69) is 20.7 Å². The molecule has 28 heavy (non-hydrogen) atoms. The van der Waals surface area contributed by atoms with E-state index in [1.54, 1.807) is 38.1 Å². The fraction of sp³-hybridized carbons (Fsp3) is 0.176. The van der Waals surface area contributed by atoms with Crippen molar-refractivity contribution in [3.8, 4) is 0 Å². The van der Waals surface area contributed by atoms with E-state index in [4.69, 9.17) is 0 Å².